The average molecular weight is 313 g/mol. The average Bonchev–Trinajstić information content (AvgIpc) is 2.83. The molecule has 1 amide bonds. The highest BCUT2D eigenvalue weighted by Crippen LogP contribution is 2.30. The monoisotopic (exact) mass is 313 g/mol. The molecular formula is C14H14F3N3O2. The number of halogens is 3. The Hall–Kier alpha value is -2.51. The van der Waals surface area contributed by atoms with Crippen LogP contribution in [0.2, 0.25) is 0 Å². The molecule has 2 rings (SSSR count). The topological polar surface area (TPSA) is 67.2 Å². The van der Waals surface area contributed by atoms with Gasteiger partial charge in [0.25, 0.3) is 0 Å². The quantitative estimate of drug-likeness (QED) is 0.907. The van der Waals surface area contributed by atoms with Gasteiger partial charge in [0.05, 0.1) is 5.56 Å². The fraction of sp³-hybridized carbons (Fsp3) is 0.286. The molecule has 0 aliphatic carbocycles. The molecule has 2 aromatic rings. The first-order valence-electron chi connectivity index (χ1n) is 6.43. The van der Waals surface area contributed by atoms with E-state index in [4.69, 9.17) is 4.52 Å². The Kier molecular flexibility index (Phi) is 4.39. The van der Waals surface area contributed by atoms with Gasteiger partial charge in [0.1, 0.15) is 11.8 Å². The van der Waals surface area contributed by atoms with Gasteiger partial charge in [0.2, 0.25) is 5.91 Å². The summed E-state index contributed by atoms with van der Waals surface area (Å²) < 4.78 is 42.7. The first-order chi connectivity index (χ1) is 10.3. The van der Waals surface area contributed by atoms with Crippen LogP contribution < -0.4 is 10.6 Å². The van der Waals surface area contributed by atoms with Crippen LogP contribution in [0.4, 0.5) is 24.7 Å². The summed E-state index contributed by atoms with van der Waals surface area (Å²) in [5.74, 6) is 0.347. The number of carbonyl (C=O) groups is 1. The van der Waals surface area contributed by atoms with Crippen LogP contribution in [0.3, 0.4) is 0 Å². The van der Waals surface area contributed by atoms with Crippen LogP contribution in [0.5, 0.6) is 0 Å². The Morgan fingerprint density at radius 2 is 2.05 bits per heavy atom. The van der Waals surface area contributed by atoms with Crippen LogP contribution in [0.25, 0.3) is 0 Å². The lowest BCUT2D eigenvalue weighted by Gasteiger charge is -2.15. The Bertz CT molecular complexity index is 667. The maximum Gasteiger partial charge on any atom is 0.416 e. The number of hydrogen-bond acceptors (Lipinski definition) is 4. The summed E-state index contributed by atoms with van der Waals surface area (Å²) in [7, 11) is 0. The van der Waals surface area contributed by atoms with Crippen molar-refractivity contribution in [1.82, 2.24) is 5.16 Å². The van der Waals surface area contributed by atoms with E-state index in [1.54, 1.807) is 6.92 Å². The molecule has 1 atom stereocenters. The molecule has 0 saturated carbocycles. The van der Waals surface area contributed by atoms with Crippen molar-refractivity contribution in [2.45, 2.75) is 26.1 Å². The highest BCUT2D eigenvalue weighted by molar-refractivity contribution is 5.95. The third-order valence-corrected chi connectivity index (χ3v) is 2.85. The van der Waals surface area contributed by atoms with Gasteiger partial charge in [0, 0.05) is 11.8 Å². The minimum absolute atomic E-state index is 0.203. The minimum atomic E-state index is -4.43. The highest BCUT2D eigenvalue weighted by Gasteiger charge is 2.30. The second-order valence-corrected chi connectivity index (χ2v) is 4.76. The number of nitrogens with zero attached hydrogens (tertiary/aromatic N) is 1. The summed E-state index contributed by atoms with van der Waals surface area (Å²) in [6, 6.07) is 5.43. The zero-order chi connectivity index (χ0) is 16.3. The van der Waals surface area contributed by atoms with Gasteiger partial charge in [-0.15, -0.1) is 0 Å². The Morgan fingerprint density at radius 3 is 2.64 bits per heavy atom. The second-order valence-electron chi connectivity index (χ2n) is 4.76. The largest absolute Gasteiger partial charge is 0.416 e. The molecule has 5 nitrogen and oxygen atoms in total. The summed E-state index contributed by atoms with van der Waals surface area (Å²) in [5.41, 5.74) is -0.578. The van der Waals surface area contributed by atoms with Gasteiger partial charge in [-0.05, 0) is 32.0 Å². The van der Waals surface area contributed by atoms with Crippen LogP contribution in [-0.2, 0) is 11.0 Å². The molecule has 1 aromatic carbocycles. The SMILES string of the molecule is Cc1cc(NC(=O)[C@@H](C)Nc2cccc(C(F)(F)F)c2)no1. The molecule has 0 aliphatic rings. The predicted octanol–water partition coefficient (Wildman–Crippen LogP) is 3.44. The fourth-order valence-corrected chi connectivity index (χ4v) is 1.76. The van der Waals surface area contributed by atoms with Crippen LogP contribution in [-0.4, -0.2) is 17.1 Å². The Balaban J connectivity index is 2.02. The van der Waals surface area contributed by atoms with E-state index in [0.29, 0.717) is 5.76 Å². The number of hydrogen-bond donors (Lipinski definition) is 2. The number of benzene rings is 1. The van der Waals surface area contributed by atoms with Crippen molar-refractivity contribution in [2.24, 2.45) is 0 Å². The van der Waals surface area contributed by atoms with Crippen molar-refractivity contribution in [3.05, 3.63) is 41.7 Å². The summed E-state index contributed by atoms with van der Waals surface area (Å²) >= 11 is 0. The standard InChI is InChI=1S/C14H14F3N3O2/c1-8-6-12(20-22-8)19-13(21)9(2)18-11-5-3-4-10(7-11)14(15,16)17/h3-7,9,18H,1-2H3,(H,19,20,21)/t9-/m1/s1. The van der Waals surface area contributed by atoms with Gasteiger partial charge in [-0.3, -0.25) is 4.79 Å². The van der Waals surface area contributed by atoms with E-state index in [9.17, 15) is 18.0 Å². The molecule has 0 saturated heterocycles. The van der Waals surface area contributed by atoms with Crippen molar-refractivity contribution in [3.63, 3.8) is 0 Å². The van der Waals surface area contributed by atoms with E-state index in [-0.39, 0.29) is 11.5 Å². The van der Waals surface area contributed by atoms with E-state index >= 15 is 0 Å². The normalized spacial score (nSPS) is 12.8. The van der Waals surface area contributed by atoms with Crippen molar-refractivity contribution in [1.29, 1.82) is 0 Å². The van der Waals surface area contributed by atoms with Crippen LogP contribution >= 0.6 is 0 Å². The third kappa shape index (κ3) is 4.00. The maximum absolute atomic E-state index is 12.6. The van der Waals surface area contributed by atoms with Gasteiger partial charge < -0.3 is 15.2 Å². The van der Waals surface area contributed by atoms with Gasteiger partial charge in [-0.25, -0.2) is 0 Å². The summed E-state index contributed by atoms with van der Waals surface area (Å²) in [6.45, 7) is 3.20. The number of carbonyl (C=O) groups excluding carboxylic acids is 1. The molecule has 0 aliphatic heterocycles. The van der Waals surface area contributed by atoms with E-state index in [2.05, 4.69) is 15.8 Å². The first-order valence-corrected chi connectivity index (χ1v) is 6.43. The molecule has 1 aromatic heterocycles. The lowest BCUT2D eigenvalue weighted by atomic mass is 10.2. The number of aromatic nitrogens is 1. The van der Waals surface area contributed by atoms with Gasteiger partial charge in [-0.1, -0.05) is 11.2 Å². The lowest BCUT2D eigenvalue weighted by molar-refractivity contribution is -0.137. The molecule has 1 heterocycles. The summed E-state index contributed by atoms with van der Waals surface area (Å²) in [4.78, 5) is 11.9. The number of nitrogens with one attached hydrogen (secondary N) is 2. The zero-order valence-electron chi connectivity index (χ0n) is 11.9. The lowest BCUT2D eigenvalue weighted by Crippen LogP contribution is -2.32. The van der Waals surface area contributed by atoms with Crippen LogP contribution in [0.1, 0.15) is 18.2 Å². The number of aryl methyl sites for hydroxylation is 1. The molecule has 22 heavy (non-hydrogen) atoms. The summed E-state index contributed by atoms with van der Waals surface area (Å²) in [6.07, 6.45) is -4.43. The zero-order valence-corrected chi connectivity index (χ0v) is 11.9. The van der Waals surface area contributed by atoms with Crippen molar-refractivity contribution < 1.29 is 22.5 Å². The van der Waals surface area contributed by atoms with E-state index in [1.807, 2.05) is 0 Å². The first kappa shape index (κ1) is 15.9. The molecule has 0 radical (unpaired) electrons. The van der Waals surface area contributed by atoms with Crippen LogP contribution in [0, 0.1) is 6.92 Å². The molecule has 8 heteroatoms. The smallest absolute Gasteiger partial charge is 0.374 e. The van der Waals surface area contributed by atoms with Crippen molar-refractivity contribution in [2.75, 3.05) is 10.6 Å². The predicted molar refractivity (Wildman–Crippen MR) is 74.4 cm³/mol. The molecule has 0 unspecified atom stereocenters. The van der Waals surface area contributed by atoms with Gasteiger partial charge in [-0.2, -0.15) is 13.2 Å². The number of rotatable bonds is 4. The Labute approximate surface area is 124 Å². The molecule has 0 fully saturated rings. The molecule has 0 bridgehead atoms. The number of amides is 1. The molecule has 118 valence electrons. The van der Waals surface area contributed by atoms with Crippen molar-refractivity contribution in [3.8, 4) is 0 Å². The maximum atomic E-state index is 12.6. The Morgan fingerprint density at radius 1 is 1.32 bits per heavy atom. The van der Waals surface area contributed by atoms with E-state index in [0.717, 1.165) is 12.1 Å². The number of anilines is 2. The number of alkyl halides is 3. The minimum Gasteiger partial charge on any atom is -0.374 e. The van der Waals surface area contributed by atoms with Crippen LogP contribution in [0.15, 0.2) is 34.9 Å². The molecular weight excluding hydrogens is 299 g/mol. The van der Waals surface area contributed by atoms with E-state index < -0.39 is 23.7 Å². The fourth-order valence-electron chi connectivity index (χ4n) is 1.76. The van der Waals surface area contributed by atoms with Gasteiger partial charge in [0.15, 0.2) is 5.82 Å². The highest BCUT2D eigenvalue weighted by atomic mass is 19.4. The second kappa shape index (κ2) is 6.08. The molecule has 2 N–H and O–H groups in total. The van der Waals surface area contributed by atoms with Gasteiger partial charge >= 0.3 is 6.18 Å². The molecule has 0 spiro atoms. The van der Waals surface area contributed by atoms with E-state index in [1.165, 1.54) is 25.1 Å². The summed E-state index contributed by atoms with van der Waals surface area (Å²) in [5, 5.41) is 8.82. The third-order valence-electron chi connectivity index (χ3n) is 2.85. The van der Waals surface area contributed by atoms with Crippen molar-refractivity contribution >= 4 is 17.4 Å².